The standard InChI is InChI=1S/C26H21Cl2IN2O3/c1-3-33-23-13-17(12-22(29)25(23)34-15-18-8-5-4-7-16(18)2)11-19(14-30)26(32)31-24-20(27)9-6-10-21(24)28/h4-13H,3,15H2,1-2H3,(H,31,32)/b19-11+. The van der Waals surface area contributed by atoms with Crippen molar-refractivity contribution in [3.8, 4) is 17.6 Å². The minimum Gasteiger partial charge on any atom is -0.490 e. The average molecular weight is 607 g/mol. The van der Waals surface area contributed by atoms with Gasteiger partial charge >= 0.3 is 0 Å². The van der Waals surface area contributed by atoms with Crippen LogP contribution in [0.25, 0.3) is 6.08 Å². The van der Waals surface area contributed by atoms with Crippen LogP contribution in [-0.2, 0) is 11.4 Å². The molecule has 5 nitrogen and oxygen atoms in total. The fraction of sp³-hybridized carbons (Fsp3) is 0.154. The number of anilines is 1. The lowest BCUT2D eigenvalue weighted by molar-refractivity contribution is -0.112. The van der Waals surface area contributed by atoms with Crippen LogP contribution < -0.4 is 14.8 Å². The number of hydrogen-bond acceptors (Lipinski definition) is 4. The molecule has 0 radical (unpaired) electrons. The highest BCUT2D eigenvalue weighted by Gasteiger charge is 2.16. The molecule has 3 aromatic rings. The molecule has 0 fully saturated rings. The van der Waals surface area contributed by atoms with E-state index in [1.165, 1.54) is 6.08 Å². The van der Waals surface area contributed by atoms with Crippen LogP contribution in [0.1, 0.15) is 23.6 Å². The quantitative estimate of drug-likeness (QED) is 0.164. The predicted octanol–water partition coefficient (Wildman–Crippen LogP) is 7.43. The number of aryl methyl sites for hydroxylation is 1. The number of para-hydroxylation sites is 1. The third kappa shape index (κ3) is 6.44. The van der Waals surface area contributed by atoms with Gasteiger partial charge in [-0.15, -0.1) is 0 Å². The fourth-order valence-corrected chi connectivity index (χ4v) is 4.38. The van der Waals surface area contributed by atoms with E-state index < -0.39 is 5.91 Å². The van der Waals surface area contributed by atoms with E-state index in [1.807, 2.05) is 50.2 Å². The Bertz CT molecular complexity index is 1270. The molecule has 1 N–H and O–H groups in total. The summed E-state index contributed by atoms with van der Waals surface area (Å²) in [6.45, 7) is 4.73. The highest BCUT2D eigenvalue weighted by Crippen LogP contribution is 2.36. The molecule has 1 amide bonds. The second kappa shape index (κ2) is 12.1. The van der Waals surface area contributed by atoms with Gasteiger partial charge in [-0.3, -0.25) is 4.79 Å². The minimum atomic E-state index is -0.620. The molecular weight excluding hydrogens is 586 g/mol. The summed E-state index contributed by atoms with van der Waals surface area (Å²) in [7, 11) is 0. The molecule has 0 saturated heterocycles. The Morgan fingerprint density at radius 1 is 1.12 bits per heavy atom. The largest absolute Gasteiger partial charge is 0.490 e. The number of halogens is 3. The summed E-state index contributed by atoms with van der Waals surface area (Å²) in [6, 6.07) is 18.4. The van der Waals surface area contributed by atoms with Gasteiger partial charge in [-0.25, -0.2) is 0 Å². The summed E-state index contributed by atoms with van der Waals surface area (Å²) in [6.07, 6.45) is 1.48. The van der Waals surface area contributed by atoms with Crippen LogP contribution in [0.2, 0.25) is 10.0 Å². The molecule has 0 aliphatic rings. The zero-order valence-electron chi connectivity index (χ0n) is 18.5. The van der Waals surface area contributed by atoms with Gasteiger partial charge in [0.25, 0.3) is 5.91 Å². The van der Waals surface area contributed by atoms with Crippen molar-refractivity contribution < 1.29 is 14.3 Å². The molecule has 0 unspecified atom stereocenters. The van der Waals surface area contributed by atoms with Crippen LogP contribution >= 0.6 is 45.8 Å². The van der Waals surface area contributed by atoms with Crippen molar-refractivity contribution in [2.75, 3.05) is 11.9 Å². The number of carbonyl (C=O) groups excluding carboxylic acids is 1. The second-order valence-electron chi connectivity index (χ2n) is 7.20. The maximum atomic E-state index is 12.7. The molecule has 0 saturated carbocycles. The van der Waals surface area contributed by atoms with Gasteiger partial charge in [0.15, 0.2) is 11.5 Å². The van der Waals surface area contributed by atoms with Crippen molar-refractivity contribution in [3.05, 3.63) is 90.5 Å². The van der Waals surface area contributed by atoms with Gasteiger partial charge in [-0.05, 0) is 83.5 Å². The van der Waals surface area contributed by atoms with E-state index in [0.717, 1.165) is 14.7 Å². The smallest absolute Gasteiger partial charge is 0.266 e. The molecule has 8 heteroatoms. The lowest BCUT2D eigenvalue weighted by atomic mass is 10.1. The molecule has 34 heavy (non-hydrogen) atoms. The molecule has 0 heterocycles. The summed E-state index contributed by atoms with van der Waals surface area (Å²) in [5, 5.41) is 12.8. The SMILES string of the molecule is CCOc1cc(/C=C(\C#N)C(=O)Nc2c(Cl)cccc2Cl)cc(I)c1OCc1ccccc1C. The number of nitrogens with one attached hydrogen (secondary N) is 1. The Morgan fingerprint density at radius 3 is 2.47 bits per heavy atom. The van der Waals surface area contributed by atoms with Crippen LogP contribution in [-0.4, -0.2) is 12.5 Å². The molecular formula is C26H21Cl2IN2O3. The molecule has 0 aromatic heterocycles. The van der Waals surface area contributed by atoms with Gasteiger partial charge in [-0.1, -0.05) is 53.5 Å². The Balaban J connectivity index is 1.88. The first-order valence-corrected chi connectivity index (χ1v) is 12.2. The summed E-state index contributed by atoms with van der Waals surface area (Å²) in [4.78, 5) is 12.7. The van der Waals surface area contributed by atoms with E-state index in [9.17, 15) is 10.1 Å². The zero-order chi connectivity index (χ0) is 24.7. The molecule has 0 spiro atoms. The van der Waals surface area contributed by atoms with E-state index in [4.69, 9.17) is 32.7 Å². The van der Waals surface area contributed by atoms with E-state index in [2.05, 4.69) is 27.9 Å². The average Bonchev–Trinajstić information content (AvgIpc) is 2.80. The highest BCUT2D eigenvalue weighted by atomic mass is 127. The summed E-state index contributed by atoms with van der Waals surface area (Å²) in [5.74, 6) is 0.514. The first kappa shape index (κ1) is 25.9. The summed E-state index contributed by atoms with van der Waals surface area (Å²) in [5.41, 5.74) is 2.97. The van der Waals surface area contributed by atoms with E-state index in [-0.39, 0.29) is 21.3 Å². The number of ether oxygens (including phenoxy) is 2. The van der Waals surface area contributed by atoms with Crippen molar-refractivity contribution in [3.63, 3.8) is 0 Å². The van der Waals surface area contributed by atoms with Gasteiger partial charge in [0.05, 0.1) is 25.9 Å². The minimum absolute atomic E-state index is 0.109. The van der Waals surface area contributed by atoms with Crippen molar-refractivity contribution in [2.45, 2.75) is 20.5 Å². The zero-order valence-corrected chi connectivity index (χ0v) is 22.2. The Hall–Kier alpha value is -2.73. The molecule has 0 aliphatic carbocycles. The molecule has 0 bridgehead atoms. The van der Waals surface area contributed by atoms with Crippen LogP contribution in [0, 0.1) is 21.8 Å². The Kier molecular flexibility index (Phi) is 9.22. The lowest BCUT2D eigenvalue weighted by Crippen LogP contribution is -2.14. The number of rotatable bonds is 8. The van der Waals surface area contributed by atoms with Gasteiger partial charge in [0.1, 0.15) is 18.2 Å². The maximum Gasteiger partial charge on any atom is 0.266 e. The second-order valence-corrected chi connectivity index (χ2v) is 9.18. The van der Waals surface area contributed by atoms with E-state index >= 15 is 0 Å². The van der Waals surface area contributed by atoms with Crippen LogP contribution in [0.5, 0.6) is 11.5 Å². The first-order chi connectivity index (χ1) is 16.3. The number of hydrogen-bond donors (Lipinski definition) is 1. The van der Waals surface area contributed by atoms with E-state index in [1.54, 1.807) is 24.3 Å². The molecule has 174 valence electrons. The number of amides is 1. The third-order valence-electron chi connectivity index (χ3n) is 4.84. The van der Waals surface area contributed by atoms with Crippen LogP contribution in [0.3, 0.4) is 0 Å². The third-order valence-corrected chi connectivity index (χ3v) is 6.27. The number of nitrogens with zero attached hydrogens (tertiary/aromatic N) is 1. The topological polar surface area (TPSA) is 71.3 Å². The van der Waals surface area contributed by atoms with Crippen molar-refractivity contribution >= 4 is 63.5 Å². The van der Waals surface area contributed by atoms with Crippen LogP contribution in [0.4, 0.5) is 5.69 Å². The van der Waals surface area contributed by atoms with E-state index in [0.29, 0.717) is 30.3 Å². The van der Waals surface area contributed by atoms with Crippen molar-refractivity contribution in [1.29, 1.82) is 5.26 Å². The maximum absolute atomic E-state index is 12.7. The Morgan fingerprint density at radius 2 is 1.82 bits per heavy atom. The normalized spacial score (nSPS) is 11.0. The van der Waals surface area contributed by atoms with Crippen LogP contribution in [0.15, 0.2) is 60.2 Å². The lowest BCUT2D eigenvalue weighted by Gasteiger charge is -2.16. The van der Waals surface area contributed by atoms with Crippen molar-refractivity contribution in [1.82, 2.24) is 0 Å². The summed E-state index contributed by atoms with van der Waals surface area (Å²) >= 11 is 14.4. The van der Waals surface area contributed by atoms with Gasteiger partial charge in [0.2, 0.25) is 0 Å². The molecule has 0 aliphatic heterocycles. The molecule has 3 rings (SSSR count). The molecule has 3 aromatic carbocycles. The van der Waals surface area contributed by atoms with Gasteiger partial charge in [0, 0.05) is 0 Å². The molecule has 0 atom stereocenters. The predicted molar refractivity (Wildman–Crippen MR) is 145 cm³/mol. The first-order valence-electron chi connectivity index (χ1n) is 10.3. The van der Waals surface area contributed by atoms with Gasteiger partial charge in [-0.2, -0.15) is 5.26 Å². The fourth-order valence-electron chi connectivity index (χ4n) is 3.11. The summed E-state index contributed by atoms with van der Waals surface area (Å²) < 4.78 is 12.7. The highest BCUT2D eigenvalue weighted by molar-refractivity contribution is 14.1. The number of carbonyl (C=O) groups is 1. The van der Waals surface area contributed by atoms with Crippen molar-refractivity contribution in [2.24, 2.45) is 0 Å². The Labute approximate surface area is 222 Å². The number of benzene rings is 3. The number of nitriles is 1. The monoisotopic (exact) mass is 606 g/mol. The van der Waals surface area contributed by atoms with Gasteiger partial charge < -0.3 is 14.8 Å².